The summed E-state index contributed by atoms with van der Waals surface area (Å²) in [6.45, 7) is 7.14. The summed E-state index contributed by atoms with van der Waals surface area (Å²) in [6.07, 6.45) is 6.43. The Bertz CT molecular complexity index is 1190. The molecule has 33 heavy (non-hydrogen) atoms. The quantitative estimate of drug-likeness (QED) is 0.602. The molecule has 0 bridgehead atoms. The van der Waals surface area contributed by atoms with Crippen molar-refractivity contribution in [1.82, 2.24) is 19.4 Å². The Labute approximate surface area is 193 Å². The lowest BCUT2D eigenvalue weighted by Gasteiger charge is -2.25. The molecule has 2 saturated heterocycles. The number of amides is 1. The van der Waals surface area contributed by atoms with Gasteiger partial charge in [-0.25, -0.2) is 9.97 Å². The Kier molecular flexibility index (Phi) is 6.28. The van der Waals surface area contributed by atoms with Crippen LogP contribution in [0.4, 0.5) is 5.82 Å². The molecule has 174 valence electrons. The highest BCUT2D eigenvalue weighted by molar-refractivity contribution is 6.07. The van der Waals surface area contributed by atoms with Crippen LogP contribution in [0.1, 0.15) is 31.2 Å². The topological polar surface area (TPSA) is 95.5 Å². The van der Waals surface area contributed by atoms with E-state index in [9.17, 15) is 4.79 Å². The van der Waals surface area contributed by atoms with Gasteiger partial charge in [0.25, 0.3) is 0 Å². The Balaban J connectivity index is 1.50. The number of imidazole rings is 1. The third-order valence-electron chi connectivity index (χ3n) is 6.65. The van der Waals surface area contributed by atoms with Gasteiger partial charge in [0, 0.05) is 50.7 Å². The van der Waals surface area contributed by atoms with Crippen LogP contribution >= 0.6 is 0 Å². The third kappa shape index (κ3) is 4.45. The lowest BCUT2D eigenvalue weighted by atomic mass is 10.00. The number of hydrogen-bond donors (Lipinski definition) is 1. The normalized spacial score (nSPS) is 18.0. The molecule has 2 N–H and O–H groups in total. The van der Waals surface area contributed by atoms with E-state index in [1.54, 1.807) is 6.08 Å². The third-order valence-corrected chi connectivity index (χ3v) is 6.65. The van der Waals surface area contributed by atoms with E-state index in [2.05, 4.69) is 22.5 Å². The molecule has 5 rings (SSSR count). The molecule has 0 radical (unpaired) electrons. The minimum atomic E-state index is 0.00319. The van der Waals surface area contributed by atoms with Gasteiger partial charge in [0.05, 0.1) is 24.2 Å². The van der Waals surface area contributed by atoms with Gasteiger partial charge in [0.2, 0.25) is 5.91 Å². The highest BCUT2D eigenvalue weighted by atomic mass is 16.5. The molecule has 1 amide bonds. The molecule has 0 aliphatic carbocycles. The minimum absolute atomic E-state index is 0.00319. The molecule has 3 aromatic rings. The first-order valence-corrected chi connectivity index (χ1v) is 11.8. The van der Waals surface area contributed by atoms with Gasteiger partial charge in [-0.15, -0.1) is 0 Å². The number of nitrogens with two attached hydrogens (primary N) is 1. The van der Waals surface area contributed by atoms with E-state index < -0.39 is 0 Å². The maximum atomic E-state index is 12.5. The number of nitrogen functional groups attached to an aromatic ring is 1. The predicted octanol–water partition coefficient (Wildman–Crippen LogP) is 3.03. The number of carbonyl (C=O) groups excluding carboxylic acids is 1. The zero-order valence-corrected chi connectivity index (χ0v) is 19.1. The van der Waals surface area contributed by atoms with Crippen LogP contribution in [-0.4, -0.2) is 64.9 Å². The van der Waals surface area contributed by atoms with Gasteiger partial charge in [-0.1, -0.05) is 19.1 Å². The molecular weight excluding hydrogens is 418 g/mol. The molecule has 2 aliphatic heterocycles. The maximum absolute atomic E-state index is 12.5. The van der Waals surface area contributed by atoms with Crippen molar-refractivity contribution in [1.29, 1.82) is 0 Å². The van der Waals surface area contributed by atoms with E-state index in [-0.39, 0.29) is 5.91 Å². The van der Waals surface area contributed by atoms with E-state index in [0.717, 1.165) is 72.3 Å². The number of benzene rings is 1. The smallest absolute Gasteiger partial charge is 0.246 e. The van der Waals surface area contributed by atoms with Gasteiger partial charge < -0.3 is 24.7 Å². The average Bonchev–Trinajstić information content (AvgIpc) is 3.22. The van der Waals surface area contributed by atoms with Crippen molar-refractivity contribution in [2.45, 2.75) is 32.7 Å². The number of rotatable bonds is 5. The predicted molar refractivity (Wildman–Crippen MR) is 129 cm³/mol. The zero-order valence-electron chi connectivity index (χ0n) is 19.1. The van der Waals surface area contributed by atoms with Gasteiger partial charge in [0.1, 0.15) is 11.3 Å². The van der Waals surface area contributed by atoms with Crippen LogP contribution in [-0.2, 0) is 27.2 Å². The van der Waals surface area contributed by atoms with Crippen molar-refractivity contribution in [3.63, 3.8) is 0 Å². The second kappa shape index (κ2) is 9.49. The molecule has 2 fully saturated rings. The van der Waals surface area contributed by atoms with Crippen molar-refractivity contribution in [3.8, 4) is 0 Å². The van der Waals surface area contributed by atoms with E-state index in [1.165, 1.54) is 0 Å². The molecule has 2 aliphatic rings. The second-order valence-electron chi connectivity index (χ2n) is 8.79. The maximum Gasteiger partial charge on any atom is 0.246 e. The molecule has 4 heterocycles. The molecule has 8 nitrogen and oxygen atoms in total. The number of hydrogen-bond acceptors (Lipinski definition) is 6. The fourth-order valence-electron chi connectivity index (χ4n) is 4.79. The van der Waals surface area contributed by atoms with E-state index >= 15 is 0 Å². The van der Waals surface area contributed by atoms with Gasteiger partial charge in [-0.2, -0.15) is 0 Å². The van der Waals surface area contributed by atoms with Crippen LogP contribution in [0.2, 0.25) is 0 Å². The highest BCUT2D eigenvalue weighted by Gasteiger charge is 2.21. The largest absolute Gasteiger partial charge is 0.382 e. The number of carbonyl (C=O) groups is 1. The first-order valence-electron chi connectivity index (χ1n) is 11.8. The minimum Gasteiger partial charge on any atom is -0.382 e. The standard InChI is InChI=1S/C25H31N5O3/c1-2-21-28-23-24(30(21)16-18-7-11-32-12-8-18)19-5-3-17(15-20(19)27-25(23)26)4-6-22(31)29-9-13-33-14-10-29/h3-6,15,18H,2,7-14,16H2,1H3,(H2,26,27)/b6-4+. The molecule has 2 aromatic heterocycles. The number of ether oxygens (including phenoxy) is 2. The lowest BCUT2D eigenvalue weighted by Crippen LogP contribution is -2.39. The number of pyridine rings is 1. The fourth-order valence-corrected chi connectivity index (χ4v) is 4.79. The van der Waals surface area contributed by atoms with Crippen molar-refractivity contribution in [2.75, 3.05) is 45.3 Å². The molecule has 0 atom stereocenters. The van der Waals surface area contributed by atoms with Crippen LogP contribution in [0.5, 0.6) is 0 Å². The van der Waals surface area contributed by atoms with Crippen LogP contribution in [0.15, 0.2) is 24.3 Å². The van der Waals surface area contributed by atoms with E-state index in [4.69, 9.17) is 20.2 Å². The summed E-state index contributed by atoms with van der Waals surface area (Å²) in [4.78, 5) is 23.8. The summed E-state index contributed by atoms with van der Waals surface area (Å²) in [5.74, 6) is 2.06. The first-order chi connectivity index (χ1) is 16.1. The summed E-state index contributed by atoms with van der Waals surface area (Å²) >= 11 is 0. The van der Waals surface area contributed by atoms with Crippen LogP contribution < -0.4 is 5.73 Å². The van der Waals surface area contributed by atoms with Crippen molar-refractivity contribution in [3.05, 3.63) is 35.7 Å². The molecule has 0 spiro atoms. The van der Waals surface area contributed by atoms with Gasteiger partial charge in [-0.3, -0.25) is 4.79 Å². The van der Waals surface area contributed by atoms with E-state index in [1.807, 2.05) is 23.1 Å². The van der Waals surface area contributed by atoms with Crippen molar-refractivity contribution >= 4 is 39.7 Å². The number of morpholine rings is 1. The Morgan fingerprint density at radius 3 is 2.67 bits per heavy atom. The molecule has 0 saturated carbocycles. The van der Waals surface area contributed by atoms with Crippen LogP contribution in [0, 0.1) is 5.92 Å². The summed E-state index contributed by atoms with van der Waals surface area (Å²) in [5, 5.41) is 1.04. The van der Waals surface area contributed by atoms with Crippen molar-refractivity contribution < 1.29 is 14.3 Å². The first kappa shape index (κ1) is 21.9. The Morgan fingerprint density at radius 1 is 1.15 bits per heavy atom. The number of fused-ring (bicyclic) bond motifs is 3. The highest BCUT2D eigenvalue weighted by Crippen LogP contribution is 2.31. The SMILES string of the molecule is CCc1nc2c(N)nc3cc(/C=C/C(=O)N4CCOCC4)ccc3c2n1CC1CCOCC1. The van der Waals surface area contributed by atoms with E-state index in [0.29, 0.717) is 38.0 Å². The van der Waals surface area contributed by atoms with Crippen LogP contribution in [0.3, 0.4) is 0 Å². The summed E-state index contributed by atoms with van der Waals surface area (Å²) < 4.78 is 13.2. The van der Waals surface area contributed by atoms with Gasteiger partial charge in [0.15, 0.2) is 5.82 Å². The monoisotopic (exact) mass is 449 g/mol. The zero-order chi connectivity index (χ0) is 22.8. The van der Waals surface area contributed by atoms with Gasteiger partial charge in [-0.05, 0) is 36.5 Å². The van der Waals surface area contributed by atoms with Crippen LogP contribution in [0.25, 0.3) is 28.0 Å². The average molecular weight is 450 g/mol. The molecule has 8 heteroatoms. The number of aromatic nitrogens is 3. The summed E-state index contributed by atoms with van der Waals surface area (Å²) in [6, 6.07) is 6.09. The lowest BCUT2D eigenvalue weighted by molar-refractivity contribution is -0.129. The summed E-state index contributed by atoms with van der Waals surface area (Å²) in [7, 11) is 0. The summed E-state index contributed by atoms with van der Waals surface area (Å²) in [5.41, 5.74) is 9.93. The number of aryl methyl sites for hydroxylation is 1. The molecule has 0 unspecified atom stereocenters. The van der Waals surface area contributed by atoms with Gasteiger partial charge >= 0.3 is 0 Å². The Morgan fingerprint density at radius 2 is 1.91 bits per heavy atom. The number of anilines is 1. The van der Waals surface area contributed by atoms with Crippen molar-refractivity contribution in [2.24, 2.45) is 5.92 Å². The molecule has 1 aromatic carbocycles. The molecular formula is C25H31N5O3. The number of nitrogens with zero attached hydrogens (tertiary/aromatic N) is 4. The fraction of sp³-hybridized carbons (Fsp3) is 0.480. The Hall–Kier alpha value is -2.97. The second-order valence-corrected chi connectivity index (χ2v) is 8.79.